The number of nitrogens with zero attached hydrogens (tertiary/aromatic N) is 4. The minimum absolute atomic E-state index is 0.151. The molecule has 0 aliphatic carbocycles. The van der Waals surface area contributed by atoms with Crippen LogP contribution in [0.15, 0.2) is 84.9 Å². The average Bonchev–Trinajstić information content (AvgIpc) is 2.89. The van der Waals surface area contributed by atoms with Crippen molar-refractivity contribution in [2.24, 2.45) is 0 Å². The first-order valence-electron chi connectivity index (χ1n) is 11.0. The lowest BCUT2D eigenvalue weighted by molar-refractivity contribution is 0.247. The van der Waals surface area contributed by atoms with Crippen molar-refractivity contribution in [3.8, 4) is 0 Å². The van der Waals surface area contributed by atoms with E-state index in [4.69, 9.17) is 0 Å². The van der Waals surface area contributed by atoms with E-state index >= 15 is 0 Å². The van der Waals surface area contributed by atoms with Gasteiger partial charge in [0.2, 0.25) is 0 Å². The molecule has 0 aliphatic rings. The highest BCUT2D eigenvalue weighted by atomic mass is 16.3. The van der Waals surface area contributed by atoms with Gasteiger partial charge in [0, 0.05) is 36.8 Å². The summed E-state index contributed by atoms with van der Waals surface area (Å²) in [5, 5.41) is 19.0. The minimum Gasteiger partial charge on any atom is -0.395 e. The molecule has 34 heavy (non-hydrogen) atoms. The Balaban J connectivity index is 1.84. The second-order valence-electron chi connectivity index (χ2n) is 7.62. The van der Waals surface area contributed by atoms with E-state index in [9.17, 15) is 19.8 Å². The molecule has 0 saturated carbocycles. The summed E-state index contributed by atoms with van der Waals surface area (Å²) < 4.78 is 0. The van der Waals surface area contributed by atoms with Crippen LogP contribution in [0.25, 0.3) is 0 Å². The fraction of sp³-hybridized carbons (Fsp3) is 0.231. The van der Waals surface area contributed by atoms with Crippen LogP contribution in [0, 0.1) is 0 Å². The number of rotatable bonds is 8. The molecule has 0 bridgehead atoms. The van der Waals surface area contributed by atoms with E-state index in [1.54, 1.807) is 38.4 Å². The van der Waals surface area contributed by atoms with Gasteiger partial charge in [0.1, 0.15) is 0 Å². The predicted octanol–water partition coefficient (Wildman–Crippen LogP) is 3.80. The summed E-state index contributed by atoms with van der Waals surface area (Å²) in [6.45, 7) is -0.0468. The largest absolute Gasteiger partial charge is 0.395 e. The smallest absolute Gasteiger partial charge is 0.328 e. The molecule has 0 fully saturated rings. The van der Waals surface area contributed by atoms with E-state index in [2.05, 4.69) is 0 Å². The number of urea groups is 2. The molecule has 3 aromatic rings. The van der Waals surface area contributed by atoms with Crippen LogP contribution >= 0.6 is 0 Å². The molecule has 178 valence electrons. The van der Waals surface area contributed by atoms with E-state index in [-0.39, 0.29) is 38.4 Å². The highest BCUT2D eigenvalue weighted by Crippen LogP contribution is 2.25. The number of amides is 4. The molecule has 0 heterocycles. The van der Waals surface area contributed by atoms with Crippen LogP contribution in [-0.2, 0) is 0 Å². The summed E-state index contributed by atoms with van der Waals surface area (Å²) in [6, 6.07) is 24.8. The first-order valence-corrected chi connectivity index (χ1v) is 11.0. The lowest BCUT2D eigenvalue weighted by Gasteiger charge is -2.30. The van der Waals surface area contributed by atoms with Crippen molar-refractivity contribution < 1.29 is 19.8 Å². The third kappa shape index (κ3) is 5.72. The molecule has 0 unspecified atom stereocenters. The summed E-state index contributed by atoms with van der Waals surface area (Å²) in [5.74, 6) is 0. The van der Waals surface area contributed by atoms with Gasteiger partial charge in [0.15, 0.2) is 0 Å². The fourth-order valence-electron chi connectivity index (χ4n) is 3.58. The predicted molar refractivity (Wildman–Crippen MR) is 136 cm³/mol. The number of anilines is 4. The first-order chi connectivity index (χ1) is 16.5. The Bertz CT molecular complexity index is 996. The SMILES string of the molecule is CN(C(=O)N(CCO)c1ccccc1)c1cccc(N(C)C(=O)N(CCO)c2ccccc2)c1. The second kappa shape index (κ2) is 11.8. The van der Waals surface area contributed by atoms with Gasteiger partial charge >= 0.3 is 12.1 Å². The molecule has 0 aliphatic heterocycles. The monoisotopic (exact) mass is 462 g/mol. The van der Waals surface area contributed by atoms with Crippen molar-refractivity contribution in [2.45, 2.75) is 0 Å². The topological polar surface area (TPSA) is 87.6 Å². The van der Waals surface area contributed by atoms with Crippen LogP contribution in [0.5, 0.6) is 0 Å². The van der Waals surface area contributed by atoms with E-state index in [1.165, 1.54) is 19.6 Å². The lowest BCUT2D eigenvalue weighted by Crippen LogP contribution is -2.44. The van der Waals surface area contributed by atoms with Crippen LogP contribution in [0.2, 0.25) is 0 Å². The molecule has 8 heteroatoms. The van der Waals surface area contributed by atoms with E-state index in [0.717, 1.165) is 0 Å². The quantitative estimate of drug-likeness (QED) is 0.533. The van der Waals surface area contributed by atoms with Gasteiger partial charge in [-0.25, -0.2) is 9.59 Å². The van der Waals surface area contributed by atoms with Gasteiger partial charge in [-0.15, -0.1) is 0 Å². The molecule has 2 N–H and O–H groups in total. The summed E-state index contributed by atoms with van der Waals surface area (Å²) in [7, 11) is 3.30. The standard InChI is InChI=1S/C26H30N4O4/c1-27(25(33)29(16-18-31)21-10-5-3-6-11-21)23-14-9-15-24(20-23)28(2)26(34)30(17-19-32)22-12-7-4-8-13-22/h3-15,20,31-32H,16-19H2,1-2H3. The highest BCUT2D eigenvalue weighted by molar-refractivity contribution is 6.05. The number of benzene rings is 3. The maximum absolute atomic E-state index is 13.3. The third-order valence-electron chi connectivity index (χ3n) is 5.42. The molecule has 3 rings (SSSR count). The number of carbonyl (C=O) groups excluding carboxylic acids is 2. The van der Waals surface area contributed by atoms with E-state index in [1.807, 2.05) is 60.7 Å². The molecular formula is C26H30N4O4. The summed E-state index contributed by atoms with van der Waals surface area (Å²) in [6.07, 6.45) is 0. The second-order valence-corrected chi connectivity index (χ2v) is 7.62. The van der Waals surface area contributed by atoms with Gasteiger partial charge in [-0.2, -0.15) is 0 Å². The van der Waals surface area contributed by atoms with Gasteiger partial charge in [-0.3, -0.25) is 19.6 Å². The van der Waals surface area contributed by atoms with Gasteiger partial charge in [0.05, 0.1) is 26.3 Å². The van der Waals surface area contributed by atoms with E-state index in [0.29, 0.717) is 22.7 Å². The molecule has 0 saturated heterocycles. The van der Waals surface area contributed by atoms with Crippen molar-refractivity contribution in [3.63, 3.8) is 0 Å². The zero-order valence-electron chi connectivity index (χ0n) is 19.4. The molecule has 0 spiro atoms. The third-order valence-corrected chi connectivity index (χ3v) is 5.42. The first kappa shape index (κ1) is 24.8. The van der Waals surface area contributed by atoms with Crippen LogP contribution in [0.3, 0.4) is 0 Å². The lowest BCUT2D eigenvalue weighted by atomic mass is 10.2. The van der Waals surface area contributed by atoms with Crippen molar-refractivity contribution in [1.82, 2.24) is 0 Å². The van der Waals surface area contributed by atoms with Crippen molar-refractivity contribution in [3.05, 3.63) is 84.9 Å². The number of aliphatic hydroxyl groups is 2. The minimum atomic E-state index is -0.308. The highest BCUT2D eigenvalue weighted by Gasteiger charge is 2.23. The summed E-state index contributed by atoms with van der Waals surface area (Å²) >= 11 is 0. The van der Waals surface area contributed by atoms with Crippen LogP contribution in [0.1, 0.15) is 0 Å². The summed E-state index contributed by atoms with van der Waals surface area (Å²) in [4.78, 5) is 32.5. The molecule has 8 nitrogen and oxygen atoms in total. The van der Waals surface area contributed by atoms with Crippen molar-refractivity contribution >= 4 is 34.8 Å². The van der Waals surface area contributed by atoms with Gasteiger partial charge in [0.25, 0.3) is 0 Å². The van der Waals surface area contributed by atoms with Crippen LogP contribution < -0.4 is 19.6 Å². The zero-order valence-corrected chi connectivity index (χ0v) is 19.4. The molecular weight excluding hydrogens is 432 g/mol. The normalized spacial score (nSPS) is 10.5. The Hall–Kier alpha value is -3.88. The van der Waals surface area contributed by atoms with Gasteiger partial charge in [-0.05, 0) is 42.5 Å². The number of hydrogen-bond acceptors (Lipinski definition) is 4. The average molecular weight is 463 g/mol. The Morgan fingerprint density at radius 1 is 0.588 bits per heavy atom. The Kier molecular flexibility index (Phi) is 8.61. The Morgan fingerprint density at radius 3 is 1.29 bits per heavy atom. The number of aliphatic hydroxyl groups excluding tert-OH is 2. The number of hydrogen-bond donors (Lipinski definition) is 2. The molecule has 0 radical (unpaired) electrons. The zero-order chi connectivity index (χ0) is 24.5. The Morgan fingerprint density at radius 2 is 0.941 bits per heavy atom. The van der Waals surface area contributed by atoms with Crippen molar-refractivity contribution in [1.29, 1.82) is 0 Å². The summed E-state index contributed by atoms with van der Waals surface area (Å²) in [5.41, 5.74) is 2.54. The Labute approximate surface area is 199 Å². The van der Waals surface area contributed by atoms with Gasteiger partial charge in [-0.1, -0.05) is 42.5 Å². The number of para-hydroxylation sites is 2. The van der Waals surface area contributed by atoms with E-state index < -0.39 is 0 Å². The maximum atomic E-state index is 13.3. The fourth-order valence-corrected chi connectivity index (χ4v) is 3.58. The molecule has 3 aromatic carbocycles. The maximum Gasteiger partial charge on any atom is 0.328 e. The van der Waals surface area contributed by atoms with Crippen LogP contribution in [0.4, 0.5) is 32.3 Å². The van der Waals surface area contributed by atoms with Crippen molar-refractivity contribution in [2.75, 3.05) is 60.0 Å². The number of carbonyl (C=O) groups is 2. The molecule has 0 aromatic heterocycles. The van der Waals surface area contributed by atoms with Gasteiger partial charge < -0.3 is 10.2 Å². The molecule has 4 amide bonds. The molecule has 0 atom stereocenters. The van der Waals surface area contributed by atoms with Crippen LogP contribution in [-0.4, -0.2) is 62.7 Å².